The van der Waals surface area contributed by atoms with E-state index in [0.717, 1.165) is 0 Å². The summed E-state index contributed by atoms with van der Waals surface area (Å²) < 4.78 is 0.352. The minimum absolute atomic E-state index is 0.352. The molecule has 1 aliphatic rings. The van der Waals surface area contributed by atoms with Gasteiger partial charge in [-0.1, -0.05) is 51.9 Å². The number of rotatable bonds is 1. The van der Waals surface area contributed by atoms with Gasteiger partial charge in [0, 0.05) is 4.91 Å². The minimum atomic E-state index is 0.352. The predicted molar refractivity (Wildman–Crippen MR) is 62.4 cm³/mol. The van der Waals surface area contributed by atoms with E-state index in [1.165, 1.54) is 10.5 Å². The Hall–Kier alpha value is 0.01000. The first-order chi connectivity index (χ1) is 5.86. The van der Waals surface area contributed by atoms with Gasteiger partial charge >= 0.3 is 0 Å². The van der Waals surface area contributed by atoms with Crippen LogP contribution in [0, 0.1) is 0 Å². The molecule has 0 aliphatic carbocycles. The topological polar surface area (TPSA) is 0 Å². The molecule has 0 nitrogen and oxygen atoms in total. The van der Waals surface area contributed by atoms with Crippen LogP contribution in [0.4, 0.5) is 0 Å². The normalized spacial score (nSPS) is 22.4. The van der Waals surface area contributed by atoms with E-state index in [1.54, 1.807) is 21.6 Å². The van der Waals surface area contributed by atoms with E-state index in [1.807, 2.05) is 6.07 Å². The molecule has 0 amide bonds. The highest BCUT2D eigenvalue weighted by atomic mass is 33.1. The summed E-state index contributed by atoms with van der Waals surface area (Å²) in [5.74, 6) is 0. The molecule has 12 heavy (non-hydrogen) atoms. The predicted octanol–water partition coefficient (Wildman–Crippen LogP) is 3.68. The van der Waals surface area contributed by atoms with Crippen LogP contribution in [0.15, 0.2) is 36.4 Å². The number of hydrogen-bond acceptors (Lipinski definition) is 3. The molecule has 0 N–H and O–H groups in total. The van der Waals surface area contributed by atoms with Crippen LogP contribution < -0.4 is 0 Å². The van der Waals surface area contributed by atoms with Crippen molar-refractivity contribution in [2.45, 2.75) is 4.58 Å². The third-order valence-corrected chi connectivity index (χ3v) is 4.91. The van der Waals surface area contributed by atoms with Crippen molar-refractivity contribution in [1.82, 2.24) is 0 Å². The Morgan fingerprint density at radius 2 is 1.92 bits per heavy atom. The van der Waals surface area contributed by atoms with Crippen molar-refractivity contribution in [3.05, 3.63) is 42.0 Å². The lowest BCUT2D eigenvalue weighted by atomic mass is 10.2. The van der Waals surface area contributed by atoms with Crippen molar-refractivity contribution in [3.63, 3.8) is 0 Å². The fraction of sp³-hybridized carbons (Fsp3) is 0.111. The van der Waals surface area contributed by atoms with Gasteiger partial charge in [-0.3, -0.25) is 0 Å². The highest BCUT2D eigenvalue weighted by Gasteiger charge is 2.14. The van der Waals surface area contributed by atoms with Crippen LogP contribution in [0.1, 0.15) is 5.56 Å². The smallest absolute Gasteiger partial charge is 0.0773 e. The summed E-state index contributed by atoms with van der Waals surface area (Å²) >= 11 is 4.37. The molecule has 1 unspecified atom stereocenters. The van der Waals surface area contributed by atoms with Gasteiger partial charge in [0.1, 0.15) is 0 Å². The van der Waals surface area contributed by atoms with Gasteiger partial charge < -0.3 is 0 Å². The number of hydrogen-bond donors (Lipinski definition) is 1. The lowest BCUT2D eigenvalue weighted by Gasteiger charge is -1.97. The third kappa shape index (κ3) is 1.84. The van der Waals surface area contributed by atoms with Gasteiger partial charge in [-0.2, -0.15) is 12.6 Å². The summed E-state index contributed by atoms with van der Waals surface area (Å²) in [5.41, 5.74) is 1.30. The number of thiol groups is 1. The van der Waals surface area contributed by atoms with Gasteiger partial charge in [0.15, 0.2) is 0 Å². The van der Waals surface area contributed by atoms with Crippen LogP contribution in [0.5, 0.6) is 0 Å². The molecule has 1 aromatic rings. The first-order valence-corrected chi connectivity index (χ1v) is 6.38. The van der Waals surface area contributed by atoms with E-state index < -0.39 is 0 Å². The molecular weight excluding hydrogens is 204 g/mol. The van der Waals surface area contributed by atoms with Gasteiger partial charge in [-0.15, -0.1) is 0 Å². The fourth-order valence-electron chi connectivity index (χ4n) is 1.03. The summed E-state index contributed by atoms with van der Waals surface area (Å²) in [6.07, 6.45) is 2.19. The zero-order chi connectivity index (χ0) is 8.39. The summed E-state index contributed by atoms with van der Waals surface area (Å²) in [6, 6.07) is 10.4. The molecule has 1 aromatic carbocycles. The van der Waals surface area contributed by atoms with E-state index in [9.17, 15) is 0 Å². The van der Waals surface area contributed by atoms with E-state index >= 15 is 0 Å². The Morgan fingerprint density at radius 1 is 1.17 bits per heavy atom. The van der Waals surface area contributed by atoms with E-state index in [-0.39, 0.29) is 0 Å². The SMILES string of the molecule is SC1C=C(c2ccccc2)SS1. The molecule has 0 saturated heterocycles. The molecule has 3 heteroatoms. The molecule has 2 rings (SSSR count). The van der Waals surface area contributed by atoms with Gasteiger partial charge in [-0.05, 0) is 11.6 Å². The average molecular weight is 212 g/mol. The Labute approximate surface area is 85.6 Å². The number of benzene rings is 1. The second-order valence-electron chi connectivity index (χ2n) is 2.47. The summed E-state index contributed by atoms with van der Waals surface area (Å²) in [7, 11) is 3.59. The molecule has 0 fully saturated rings. The molecule has 1 aliphatic heterocycles. The van der Waals surface area contributed by atoms with E-state index in [4.69, 9.17) is 0 Å². The van der Waals surface area contributed by atoms with Crippen molar-refractivity contribution in [2.24, 2.45) is 0 Å². The van der Waals surface area contributed by atoms with Crippen LogP contribution in [0.3, 0.4) is 0 Å². The van der Waals surface area contributed by atoms with Gasteiger partial charge in [0.05, 0.1) is 4.58 Å². The summed E-state index contributed by atoms with van der Waals surface area (Å²) in [5, 5.41) is 0. The van der Waals surface area contributed by atoms with Crippen LogP contribution in [-0.4, -0.2) is 4.58 Å². The van der Waals surface area contributed by atoms with Crippen molar-refractivity contribution >= 4 is 39.1 Å². The zero-order valence-electron chi connectivity index (χ0n) is 6.31. The molecule has 1 heterocycles. The standard InChI is InChI=1S/C9H8S3/c10-9-6-8(11-12-9)7-4-2-1-3-5-7/h1-6,9-10H. The Kier molecular flexibility index (Phi) is 2.73. The first kappa shape index (κ1) is 8.60. The summed E-state index contributed by atoms with van der Waals surface area (Å²) in [6.45, 7) is 0. The van der Waals surface area contributed by atoms with Crippen LogP contribution in [0.25, 0.3) is 4.91 Å². The quantitative estimate of drug-likeness (QED) is 0.557. The van der Waals surface area contributed by atoms with Gasteiger partial charge in [0.25, 0.3) is 0 Å². The van der Waals surface area contributed by atoms with E-state index in [0.29, 0.717) is 4.58 Å². The second-order valence-corrected chi connectivity index (χ2v) is 5.76. The van der Waals surface area contributed by atoms with Crippen LogP contribution >= 0.6 is 34.2 Å². The minimum Gasteiger partial charge on any atom is -0.160 e. The summed E-state index contributed by atoms with van der Waals surface area (Å²) in [4.78, 5) is 1.33. The molecule has 1 atom stereocenters. The van der Waals surface area contributed by atoms with Crippen molar-refractivity contribution < 1.29 is 0 Å². The lowest BCUT2D eigenvalue weighted by molar-refractivity contribution is 1.63. The molecular formula is C9H8S3. The maximum Gasteiger partial charge on any atom is 0.0773 e. The average Bonchev–Trinajstić information content (AvgIpc) is 2.54. The van der Waals surface area contributed by atoms with Gasteiger partial charge in [-0.25, -0.2) is 0 Å². The van der Waals surface area contributed by atoms with Crippen LogP contribution in [0.2, 0.25) is 0 Å². The second kappa shape index (κ2) is 3.81. The largest absolute Gasteiger partial charge is 0.160 e. The van der Waals surface area contributed by atoms with Gasteiger partial charge in [0.2, 0.25) is 0 Å². The van der Waals surface area contributed by atoms with Crippen LogP contribution in [-0.2, 0) is 0 Å². The molecule has 0 spiro atoms. The molecule has 0 saturated carbocycles. The van der Waals surface area contributed by atoms with Crippen molar-refractivity contribution in [2.75, 3.05) is 0 Å². The fourth-order valence-corrected chi connectivity index (χ4v) is 3.80. The Bertz CT molecular complexity index is 292. The van der Waals surface area contributed by atoms with Crippen molar-refractivity contribution in [3.8, 4) is 0 Å². The zero-order valence-corrected chi connectivity index (χ0v) is 8.83. The lowest BCUT2D eigenvalue weighted by Crippen LogP contribution is -1.77. The maximum absolute atomic E-state index is 4.37. The molecule has 0 bridgehead atoms. The maximum atomic E-state index is 4.37. The molecule has 0 radical (unpaired) electrons. The highest BCUT2D eigenvalue weighted by molar-refractivity contribution is 8.82. The first-order valence-electron chi connectivity index (χ1n) is 3.65. The molecule has 0 aromatic heterocycles. The Balaban J connectivity index is 2.27. The van der Waals surface area contributed by atoms with E-state index in [2.05, 4.69) is 43.0 Å². The highest BCUT2D eigenvalue weighted by Crippen LogP contribution is 2.48. The third-order valence-electron chi connectivity index (χ3n) is 1.59. The van der Waals surface area contributed by atoms with Crippen molar-refractivity contribution in [1.29, 1.82) is 0 Å². The Morgan fingerprint density at radius 3 is 2.50 bits per heavy atom. The molecule has 62 valence electrons. The monoisotopic (exact) mass is 212 g/mol.